The topological polar surface area (TPSA) is 98.1 Å². The number of rotatable bonds is 5. The summed E-state index contributed by atoms with van der Waals surface area (Å²) in [7, 11) is 2.96. The fraction of sp³-hybridized carbons (Fsp3) is 0.240. The minimum Gasteiger partial charge on any atom is -0.450 e. The van der Waals surface area contributed by atoms with Gasteiger partial charge in [0.2, 0.25) is 0 Å². The molecule has 37 heavy (non-hydrogen) atoms. The average Bonchev–Trinajstić information content (AvgIpc) is 3.25. The van der Waals surface area contributed by atoms with Crippen LogP contribution in [0.15, 0.2) is 46.2 Å². The Bertz CT molecular complexity index is 1640. The Morgan fingerprint density at radius 1 is 1.00 bits per heavy atom. The highest BCUT2D eigenvalue weighted by atomic mass is 19.4. The Kier molecular flexibility index (Phi) is 6.44. The minimum atomic E-state index is -4.62. The van der Waals surface area contributed by atoms with Gasteiger partial charge in [-0.05, 0) is 49.2 Å². The summed E-state index contributed by atoms with van der Waals surface area (Å²) in [5.74, 6) is -1.37. The molecule has 3 aromatic heterocycles. The molecule has 8 nitrogen and oxygen atoms in total. The molecule has 3 heterocycles. The third kappa shape index (κ3) is 4.99. The van der Waals surface area contributed by atoms with E-state index in [1.807, 2.05) is 0 Å². The fourth-order valence-electron chi connectivity index (χ4n) is 4.02. The number of aromatic amines is 1. The second-order valence-electron chi connectivity index (χ2n) is 8.67. The molecule has 0 saturated heterocycles. The van der Waals surface area contributed by atoms with Crippen LogP contribution in [0, 0.1) is 19.7 Å². The molecule has 0 saturated carbocycles. The maximum Gasteiger partial charge on any atom is 0.405 e. The minimum absolute atomic E-state index is 0.0436. The number of alkyl halides is 3. The molecule has 2 N–H and O–H groups in total. The quantitative estimate of drug-likeness (QED) is 0.389. The predicted octanol–water partition coefficient (Wildman–Crippen LogP) is 4.07. The maximum atomic E-state index is 13.8. The lowest BCUT2D eigenvalue weighted by Gasteiger charge is -2.16. The van der Waals surface area contributed by atoms with E-state index < -0.39 is 35.6 Å². The van der Waals surface area contributed by atoms with E-state index in [1.54, 1.807) is 25.2 Å². The number of amides is 1. The van der Waals surface area contributed by atoms with Crippen molar-refractivity contribution < 1.29 is 27.1 Å². The molecule has 4 aromatic rings. The van der Waals surface area contributed by atoms with Crippen LogP contribution in [0.2, 0.25) is 0 Å². The molecule has 1 aromatic carbocycles. The van der Waals surface area contributed by atoms with Gasteiger partial charge in [0.05, 0.1) is 0 Å². The van der Waals surface area contributed by atoms with Gasteiger partial charge < -0.3 is 24.2 Å². The van der Waals surface area contributed by atoms with Gasteiger partial charge in [-0.1, -0.05) is 0 Å². The molecule has 194 valence electrons. The van der Waals surface area contributed by atoms with E-state index in [0.29, 0.717) is 16.7 Å². The van der Waals surface area contributed by atoms with Gasteiger partial charge >= 0.3 is 6.18 Å². The van der Waals surface area contributed by atoms with Crippen LogP contribution in [-0.2, 0) is 14.1 Å². The summed E-state index contributed by atoms with van der Waals surface area (Å²) in [6.07, 6.45) is -1.70. The van der Waals surface area contributed by atoms with Gasteiger partial charge in [-0.2, -0.15) is 13.2 Å². The van der Waals surface area contributed by atoms with Gasteiger partial charge in [0.15, 0.2) is 5.75 Å². The number of nitrogens with zero attached hydrogens (tertiary/aromatic N) is 2. The number of carbonyl (C=O) groups excluding carboxylic acids is 1. The van der Waals surface area contributed by atoms with E-state index in [-0.39, 0.29) is 33.7 Å². The number of carbonyl (C=O) groups is 1. The second kappa shape index (κ2) is 9.26. The van der Waals surface area contributed by atoms with Gasteiger partial charge in [-0.25, -0.2) is 4.39 Å². The lowest BCUT2D eigenvalue weighted by Crippen LogP contribution is -2.33. The molecule has 4 rings (SSSR count). The maximum absolute atomic E-state index is 13.8. The highest BCUT2D eigenvalue weighted by Crippen LogP contribution is 2.36. The van der Waals surface area contributed by atoms with Crippen LogP contribution in [0.25, 0.3) is 22.0 Å². The van der Waals surface area contributed by atoms with Gasteiger partial charge in [0.1, 0.15) is 29.3 Å². The standard InChI is InChI=1S/C25H22F4N4O4/c1-12-7-14(26)8-13(2)20(12)37-21-15(5-6-32(3)24(21)36)17-10-33(4)23(35)19-16(17)9-18(31-19)22(34)30-11-25(27,28)29/h5-10,31H,11H2,1-4H3,(H,30,34). The largest absolute Gasteiger partial charge is 0.450 e. The summed E-state index contributed by atoms with van der Waals surface area (Å²) in [6.45, 7) is 1.71. The number of nitrogens with one attached hydrogen (secondary N) is 2. The van der Waals surface area contributed by atoms with Crippen LogP contribution in [0.1, 0.15) is 21.6 Å². The Hall–Kier alpha value is -4.35. The summed E-state index contributed by atoms with van der Waals surface area (Å²) < 4.78 is 60.1. The van der Waals surface area contributed by atoms with Crippen molar-refractivity contribution in [2.24, 2.45) is 14.1 Å². The number of benzene rings is 1. The van der Waals surface area contributed by atoms with Gasteiger partial charge in [-0.15, -0.1) is 0 Å². The van der Waals surface area contributed by atoms with E-state index in [0.717, 1.165) is 0 Å². The first-order valence-corrected chi connectivity index (χ1v) is 11.0. The van der Waals surface area contributed by atoms with E-state index in [9.17, 15) is 31.9 Å². The Morgan fingerprint density at radius 2 is 1.65 bits per heavy atom. The predicted molar refractivity (Wildman–Crippen MR) is 129 cm³/mol. The molecule has 0 aliphatic heterocycles. The number of hydrogen-bond donors (Lipinski definition) is 2. The number of halogens is 4. The zero-order valence-electron chi connectivity index (χ0n) is 20.2. The Morgan fingerprint density at radius 3 is 2.27 bits per heavy atom. The van der Waals surface area contributed by atoms with Crippen LogP contribution in [-0.4, -0.2) is 32.7 Å². The SMILES string of the molecule is Cc1cc(F)cc(C)c1Oc1c(-c2cn(C)c(=O)c3[nH]c(C(=O)NCC(F)(F)F)cc23)ccn(C)c1=O. The number of aromatic nitrogens is 3. The number of pyridine rings is 2. The molecule has 0 spiro atoms. The van der Waals surface area contributed by atoms with E-state index >= 15 is 0 Å². The molecule has 0 atom stereocenters. The highest BCUT2D eigenvalue weighted by molar-refractivity contribution is 6.03. The van der Waals surface area contributed by atoms with Crippen molar-refractivity contribution in [1.29, 1.82) is 0 Å². The molecular formula is C25H22F4N4O4. The smallest absolute Gasteiger partial charge is 0.405 e. The third-order valence-electron chi connectivity index (χ3n) is 5.80. The highest BCUT2D eigenvalue weighted by Gasteiger charge is 2.28. The van der Waals surface area contributed by atoms with Crippen molar-refractivity contribution >= 4 is 16.8 Å². The molecule has 0 radical (unpaired) electrons. The first kappa shape index (κ1) is 25.7. The van der Waals surface area contributed by atoms with E-state index in [1.165, 1.54) is 53.8 Å². The van der Waals surface area contributed by atoms with Gasteiger partial charge in [-0.3, -0.25) is 14.4 Å². The van der Waals surface area contributed by atoms with Crippen molar-refractivity contribution in [2.45, 2.75) is 20.0 Å². The first-order chi connectivity index (χ1) is 17.3. The lowest BCUT2D eigenvalue weighted by atomic mass is 10.0. The lowest BCUT2D eigenvalue weighted by molar-refractivity contribution is -0.123. The monoisotopic (exact) mass is 518 g/mol. The molecule has 1 amide bonds. The van der Waals surface area contributed by atoms with Crippen molar-refractivity contribution in [2.75, 3.05) is 6.54 Å². The molecule has 0 aliphatic carbocycles. The van der Waals surface area contributed by atoms with Crippen LogP contribution in [0.4, 0.5) is 17.6 Å². The zero-order valence-corrected chi connectivity index (χ0v) is 20.2. The summed E-state index contributed by atoms with van der Waals surface area (Å²) in [5, 5.41) is 1.96. The van der Waals surface area contributed by atoms with Crippen LogP contribution < -0.4 is 21.2 Å². The normalized spacial score (nSPS) is 11.7. The first-order valence-electron chi connectivity index (χ1n) is 11.0. The Labute approximate surface area is 207 Å². The molecule has 0 aliphatic rings. The van der Waals surface area contributed by atoms with Crippen molar-refractivity contribution in [3.05, 3.63) is 80.0 Å². The van der Waals surface area contributed by atoms with E-state index in [2.05, 4.69) is 4.98 Å². The van der Waals surface area contributed by atoms with Gasteiger partial charge in [0.25, 0.3) is 17.0 Å². The zero-order chi connectivity index (χ0) is 27.2. The average molecular weight is 518 g/mol. The number of ether oxygens (including phenoxy) is 1. The molecule has 0 bridgehead atoms. The molecule has 12 heteroatoms. The van der Waals surface area contributed by atoms with Crippen LogP contribution in [0.5, 0.6) is 11.5 Å². The van der Waals surface area contributed by atoms with Crippen molar-refractivity contribution in [3.8, 4) is 22.6 Å². The molecule has 0 fully saturated rings. The van der Waals surface area contributed by atoms with Gasteiger partial charge in [0, 0.05) is 43.0 Å². The van der Waals surface area contributed by atoms with Crippen LogP contribution in [0.3, 0.4) is 0 Å². The Balaban J connectivity index is 1.91. The fourth-order valence-corrected chi connectivity index (χ4v) is 4.02. The van der Waals surface area contributed by atoms with Crippen LogP contribution >= 0.6 is 0 Å². The number of H-pyrrole nitrogens is 1. The van der Waals surface area contributed by atoms with Crippen molar-refractivity contribution in [1.82, 2.24) is 19.4 Å². The molecule has 0 unspecified atom stereocenters. The second-order valence-corrected chi connectivity index (χ2v) is 8.67. The summed E-state index contributed by atoms with van der Waals surface area (Å²) in [6, 6.07) is 5.34. The number of hydrogen-bond acceptors (Lipinski definition) is 4. The summed E-state index contributed by atoms with van der Waals surface area (Å²) >= 11 is 0. The summed E-state index contributed by atoms with van der Waals surface area (Å²) in [5.41, 5.74) is 0.0987. The van der Waals surface area contributed by atoms with Crippen molar-refractivity contribution in [3.63, 3.8) is 0 Å². The molecular weight excluding hydrogens is 496 g/mol. The third-order valence-corrected chi connectivity index (χ3v) is 5.80. The van der Waals surface area contributed by atoms with E-state index in [4.69, 9.17) is 4.74 Å². The number of fused-ring (bicyclic) bond motifs is 1. The summed E-state index contributed by atoms with van der Waals surface area (Å²) in [4.78, 5) is 40.9. The number of aryl methyl sites for hydroxylation is 4.